The molecular formula is C14H28BNO3. The highest BCUT2D eigenvalue weighted by Crippen LogP contribution is 2.38. The first-order valence-corrected chi connectivity index (χ1v) is 6.96. The van der Waals surface area contributed by atoms with Crippen LogP contribution in [-0.2, 0) is 14.1 Å². The predicted octanol–water partition coefficient (Wildman–Crippen LogP) is 3.52. The molecule has 1 heterocycles. The number of hydrogen-bond acceptors (Lipinski definition) is 4. The van der Waals surface area contributed by atoms with Crippen molar-refractivity contribution in [1.29, 1.82) is 0 Å². The normalized spacial score (nSPS) is 22.7. The predicted molar refractivity (Wildman–Crippen MR) is 79.4 cm³/mol. The molecule has 110 valence electrons. The van der Waals surface area contributed by atoms with Gasteiger partial charge in [-0.05, 0) is 40.4 Å². The van der Waals surface area contributed by atoms with Gasteiger partial charge in [0, 0.05) is 5.41 Å². The average Bonchev–Trinajstić information content (AvgIpc) is 2.40. The van der Waals surface area contributed by atoms with Crippen molar-refractivity contribution in [3.05, 3.63) is 0 Å². The van der Waals surface area contributed by atoms with Gasteiger partial charge in [0.1, 0.15) is 7.11 Å². The minimum absolute atomic E-state index is 0.000347. The van der Waals surface area contributed by atoms with Gasteiger partial charge in [-0.3, -0.25) is 0 Å². The maximum atomic E-state index is 5.99. The quantitative estimate of drug-likeness (QED) is 0.445. The van der Waals surface area contributed by atoms with E-state index in [1.54, 1.807) is 7.11 Å². The van der Waals surface area contributed by atoms with Gasteiger partial charge in [-0.15, -0.1) is 0 Å². The van der Waals surface area contributed by atoms with Gasteiger partial charge >= 0.3 is 7.12 Å². The fourth-order valence-corrected chi connectivity index (χ4v) is 2.01. The maximum absolute atomic E-state index is 5.99. The summed E-state index contributed by atoms with van der Waals surface area (Å²) in [6.07, 6.45) is 1.61. The fourth-order valence-electron chi connectivity index (χ4n) is 2.01. The van der Waals surface area contributed by atoms with E-state index >= 15 is 0 Å². The fraction of sp³-hybridized carbons (Fsp3) is 0.929. The van der Waals surface area contributed by atoms with Gasteiger partial charge in [-0.2, -0.15) is 0 Å². The van der Waals surface area contributed by atoms with Crippen molar-refractivity contribution in [2.75, 3.05) is 7.11 Å². The molecule has 1 rings (SSSR count). The van der Waals surface area contributed by atoms with Gasteiger partial charge in [-0.1, -0.05) is 25.9 Å². The largest absolute Gasteiger partial charge is 0.458 e. The molecule has 0 saturated carbocycles. The van der Waals surface area contributed by atoms with Crippen LogP contribution >= 0.6 is 0 Å². The standard InChI is InChI=1S/C14H28BNO3/c1-12(2,3)11(16-17-8)9-10-15-18-13(4,5)14(6,7)19-15/h9-10H2,1-8H3/b16-11-. The van der Waals surface area contributed by atoms with Crippen LogP contribution in [0, 0.1) is 5.41 Å². The van der Waals surface area contributed by atoms with E-state index < -0.39 is 0 Å². The Morgan fingerprint density at radius 3 is 1.95 bits per heavy atom. The van der Waals surface area contributed by atoms with E-state index in [0.29, 0.717) is 0 Å². The summed E-state index contributed by atoms with van der Waals surface area (Å²) < 4.78 is 12.0. The molecule has 0 atom stereocenters. The maximum Gasteiger partial charge on any atom is 0.458 e. The summed E-state index contributed by atoms with van der Waals surface area (Å²) in [5, 5.41) is 4.13. The molecule has 19 heavy (non-hydrogen) atoms. The Balaban J connectivity index is 2.62. The first-order valence-electron chi connectivity index (χ1n) is 6.96. The van der Waals surface area contributed by atoms with Gasteiger partial charge in [0.15, 0.2) is 0 Å². The van der Waals surface area contributed by atoms with Crippen molar-refractivity contribution in [2.24, 2.45) is 10.6 Å². The van der Waals surface area contributed by atoms with E-state index in [4.69, 9.17) is 14.1 Å². The van der Waals surface area contributed by atoms with Gasteiger partial charge in [0.25, 0.3) is 0 Å². The molecule has 0 aliphatic carbocycles. The first kappa shape index (κ1) is 16.5. The summed E-state index contributed by atoms with van der Waals surface area (Å²) in [5.74, 6) is 0. The second-order valence-corrected chi connectivity index (χ2v) is 7.20. The zero-order chi connectivity index (χ0) is 14.9. The second-order valence-electron chi connectivity index (χ2n) is 7.20. The number of nitrogens with zero attached hydrogens (tertiary/aromatic N) is 1. The topological polar surface area (TPSA) is 40.0 Å². The van der Waals surface area contributed by atoms with E-state index in [0.717, 1.165) is 18.5 Å². The third-order valence-corrected chi connectivity index (χ3v) is 3.99. The molecule has 1 saturated heterocycles. The molecule has 0 aromatic carbocycles. The lowest BCUT2D eigenvalue weighted by molar-refractivity contribution is 0.00578. The summed E-state index contributed by atoms with van der Waals surface area (Å²) in [6, 6.07) is 0. The van der Waals surface area contributed by atoms with Crippen molar-refractivity contribution < 1.29 is 14.1 Å². The molecule has 0 aromatic heterocycles. The lowest BCUT2D eigenvalue weighted by Gasteiger charge is -2.32. The van der Waals surface area contributed by atoms with E-state index in [2.05, 4.69) is 53.6 Å². The molecule has 5 heteroatoms. The number of rotatable bonds is 4. The third-order valence-electron chi connectivity index (χ3n) is 3.99. The van der Waals surface area contributed by atoms with Gasteiger partial charge < -0.3 is 14.1 Å². The lowest BCUT2D eigenvalue weighted by Crippen LogP contribution is -2.41. The van der Waals surface area contributed by atoms with Gasteiger partial charge in [0.2, 0.25) is 0 Å². The molecule has 0 aromatic rings. The summed E-state index contributed by atoms with van der Waals surface area (Å²) in [5.41, 5.74) is 0.500. The van der Waals surface area contributed by atoms with Crippen molar-refractivity contribution in [2.45, 2.75) is 72.4 Å². The average molecular weight is 269 g/mol. The summed E-state index contributed by atoms with van der Waals surface area (Å²) in [4.78, 5) is 4.93. The summed E-state index contributed by atoms with van der Waals surface area (Å²) >= 11 is 0. The molecule has 1 aliphatic heterocycles. The Bertz CT molecular complexity index is 329. The van der Waals surface area contributed by atoms with Crippen LogP contribution in [-0.4, -0.2) is 31.1 Å². The first-order chi connectivity index (χ1) is 8.49. The van der Waals surface area contributed by atoms with Gasteiger partial charge in [-0.25, -0.2) is 0 Å². The van der Waals surface area contributed by atoms with Crippen LogP contribution in [0.1, 0.15) is 54.9 Å². The van der Waals surface area contributed by atoms with Crippen LogP contribution in [0.25, 0.3) is 0 Å². The molecule has 1 fully saturated rings. The van der Waals surface area contributed by atoms with Crippen molar-refractivity contribution >= 4 is 12.8 Å². The summed E-state index contributed by atoms with van der Waals surface area (Å²) in [7, 11) is 1.41. The second kappa shape index (κ2) is 5.45. The number of oxime groups is 1. The monoisotopic (exact) mass is 269 g/mol. The molecule has 0 spiro atoms. The Morgan fingerprint density at radius 1 is 1.11 bits per heavy atom. The Kier molecular flexibility index (Phi) is 4.73. The van der Waals surface area contributed by atoms with Crippen LogP contribution < -0.4 is 0 Å². The Morgan fingerprint density at radius 2 is 1.58 bits per heavy atom. The molecule has 0 unspecified atom stereocenters. The number of hydrogen-bond donors (Lipinski definition) is 0. The zero-order valence-electron chi connectivity index (χ0n) is 13.7. The van der Waals surface area contributed by atoms with E-state index in [-0.39, 0.29) is 23.7 Å². The molecule has 4 nitrogen and oxygen atoms in total. The smallest absolute Gasteiger partial charge is 0.403 e. The van der Waals surface area contributed by atoms with Gasteiger partial charge in [0.05, 0.1) is 16.9 Å². The minimum Gasteiger partial charge on any atom is -0.403 e. The van der Waals surface area contributed by atoms with Crippen molar-refractivity contribution in [3.63, 3.8) is 0 Å². The molecule has 1 aliphatic rings. The van der Waals surface area contributed by atoms with Crippen LogP contribution in [0.2, 0.25) is 6.32 Å². The highest BCUT2D eigenvalue weighted by Gasteiger charge is 2.50. The zero-order valence-corrected chi connectivity index (χ0v) is 13.7. The minimum atomic E-state index is -0.266. The Labute approximate surface area is 118 Å². The highest BCUT2D eigenvalue weighted by molar-refractivity contribution is 6.45. The Hall–Kier alpha value is -0.545. The van der Waals surface area contributed by atoms with Crippen LogP contribution in [0.3, 0.4) is 0 Å². The van der Waals surface area contributed by atoms with Crippen LogP contribution in [0.5, 0.6) is 0 Å². The highest BCUT2D eigenvalue weighted by atomic mass is 16.7. The van der Waals surface area contributed by atoms with Crippen molar-refractivity contribution in [3.8, 4) is 0 Å². The third kappa shape index (κ3) is 3.96. The van der Waals surface area contributed by atoms with Crippen LogP contribution in [0.4, 0.5) is 0 Å². The molecule has 0 radical (unpaired) electrons. The van der Waals surface area contributed by atoms with E-state index in [9.17, 15) is 0 Å². The van der Waals surface area contributed by atoms with Crippen molar-refractivity contribution in [1.82, 2.24) is 0 Å². The van der Waals surface area contributed by atoms with E-state index in [1.165, 1.54) is 0 Å². The molecule has 0 N–H and O–H groups in total. The molecule has 0 bridgehead atoms. The van der Waals surface area contributed by atoms with Crippen LogP contribution in [0.15, 0.2) is 5.16 Å². The SMILES string of the molecule is CO/N=C(/CCB1OC(C)(C)C(C)(C)O1)C(C)(C)C. The van der Waals surface area contributed by atoms with E-state index in [1.807, 2.05) is 0 Å². The molecule has 0 amide bonds. The molecular weight excluding hydrogens is 241 g/mol. The lowest BCUT2D eigenvalue weighted by atomic mass is 9.77. The summed E-state index contributed by atoms with van der Waals surface area (Å²) in [6.45, 7) is 14.7.